The number of hydrogen-bond donors (Lipinski definition) is 0. The van der Waals surface area contributed by atoms with Gasteiger partial charge in [-0.2, -0.15) is 0 Å². The molecule has 0 unspecified atom stereocenters. The van der Waals surface area contributed by atoms with E-state index < -0.39 is 0 Å². The maximum Gasteiger partial charge on any atom is 0.267 e. The van der Waals surface area contributed by atoms with Crippen LogP contribution < -0.4 is 4.74 Å². The molecule has 5 heteroatoms. The van der Waals surface area contributed by atoms with Gasteiger partial charge in [0.05, 0.1) is 25.8 Å². The maximum atomic E-state index is 11.1. The minimum absolute atomic E-state index is 0.246. The van der Waals surface area contributed by atoms with E-state index in [0.717, 1.165) is 5.75 Å². The predicted octanol–water partition coefficient (Wildman–Crippen LogP) is 2.34. The van der Waals surface area contributed by atoms with Gasteiger partial charge in [0.15, 0.2) is 0 Å². The minimum atomic E-state index is -0.294. The highest BCUT2D eigenvalue weighted by Gasteiger charge is 1.98. The molecule has 1 aromatic carbocycles. The highest BCUT2D eigenvalue weighted by Crippen LogP contribution is 2.17. The molecule has 0 atom stereocenters. The fraction of sp³-hybridized carbons (Fsp3) is 0.364. The van der Waals surface area contributed by atoms with E-state index in [9.17, 15) is 4.79 Å². The second kappa shape index (κ2) is 6.68. The lowest BCUT2D eigenvalue weighted by molar-refractivity contribution is -0.119. The van der Waals surface area contributed by atoms with Crippen molar-refractivity contribution in [3.63, 3.8) is 0 Å². The number of methoxy groups -OCH3 is 2. The van der Waals surface area contributed by atoms with Crippen LogP contribution in [0.25, 0.3) is 0 Å². The number of nitrogens with zero attached hydrogens (tertiary/aromatic N) is 2. The van der Waals surface area contributed by atoms with Crippen molar-refractivity contribution in [1.82, 2.24) is 0 Å². The molecule has 0 aromatic heterocycles. The fourth-order valence-electron chi connectivity index (χ4n) is 1.00. The van der Waals surface area contributed by atoms with Crippen molar-refractivity contribution in [3.05, 3.63) is 24.3 Å². The number of azo groups is 1. The molecule has 1 aromatic rings. The van der Waals surface area contributed by atoms with Crippen LogP contribution in [0.1, 0.15) is 6.42 Å². The zero-order valence-electron chi connectivity index (χ0n) is 9.34. The van der Waals surface area contributed by atoms with Gasteiger partial charge >= 0.3 is 0 Å². The molecule has 0 radical (unpaired) electrons. The van der Waals surface area contributed by atoms with Gasteiger partial charge < -0.3 is 9.47 Å². The van der Waals surface area contributed by atoms with Crippen molar-refractivity contribution in [3.8, 4) is 5.75 Å². The molecule has 5 nitrogen and oxygen atoms in total. The van der Waals surface area contributed by atoms with E-state index in [1.54, 1.807) is 31.4 Å². The van der Waals surface area contributed by atoms with E-state index in [1.165, 1.54) is 7.11 Å². The Kier molecular flexibility index (Phi) is 5.15. The lowest BCUT2D eigenvalue weighted by atomic mass is 10.3. The number of ether oxygens (including phenoxy) is 2. The van der Waals surface area contributed by atoms with Gasteiger partial charge in [0.2, 0.25) is 0 Å². The van der Waals surface area contributed by atoms with Crippen LogP contribution in [0.15, 0.2) is 34.5 Å². The van der Waals surface area contributed by atoms with Crippen molar-refractivity contribution < 1.29 is 14.3 Å². The molecule has 1 rings (SSSR count). The van der Waals surface area contributed by atoms with Crippen molar-refractivity contribution in [2.45, 2.75) is 6.42 Å². The second-order valence-corrected chi connectivity index (χ2v) is 3.03. The van der Waals surface area contributed by atoms with Crippen LogP contribution in [-0.4, -0.2) is 26.7 Å². The highest BCUT2D eigenvalue weighted by molar-refractivity contribution is 5.76. The van der Waals surface area contributed by atoms with Gasteiger partial charge in [-0.25, -0.2) is 0 Å². The molecule has 16 heavy (non-hydrogen) atoms. The van der Waals surface area contributed by atoms with Gasteiger partial charge in [0.25, 0.3) is 5.91 Å². The Morgan fingerprint density at radius 2 is 1.94 bits per heavy atom. The average Bonchev–Trinajstić information content (AvgIpc) is 2.34. The van der Waals surface area contributed by atoms with Crippen molar-refractivity contribution >= 4 is 11.6 Å². The lowest BCUT2D eigenvalue weighted by Crippen LogP contribution is -1.97. The molecule has 1 amide bonds. The third kappa shape index (κ3) is 4.18. The Hall–Kier alpha value is -1.75. The second-order valence-electron chi connectivity index (χ2n) is 3.03. The third-order valence-corrected chi connectivity index (χ3v) is 1.87. The molecular weight excluding hydrogens is 208 g/mol. The van der Waals surface area contributed by atoms with E-state index in [1.807, 2.05) is 0 Å². The standard InChI is InChI=1S/C11H14N2O3/c1-15-8-7-11(14)13-12-9-3-5-10(16-2)6-4-9/h3-6H,7-8H2,1-2H3. The molecule has 0 bridgehead atoms. The zero-order valence-corrected chi connectivity index (χ0v) is 9.34. The minimum Gasteiger partial charge on any atom is -0.497 e. The maximum absolute atomic E-state index is 11.1. The summed E-state index contributed by atoms with van der Waals surface area (Å²) >= 11 is 0. The Morgan fingerprint density at radius 1 is 1.25 bits per heavy atom. The summed E-state index contributed by atoms with van der Waals surface area (Å²) in [4.78, 5) is 11.1. The van der Waals surface area contributed by atoms with Gasteiger partial charge in [0.1, 0.15) is 5.75 Å². The highest BCUT2D eigenvalue weighted by atomic mass is 16.5. The molecule has 0 N–H and O–H groups in total. The van der Waals surface area contributed by atoms with Crippen molar-refractivity contribution in [2.75, 3.05) is 20.8 Å². The molecule has 0 spiro atoms. The fourth-order valence-corrected chi connectivity index (χ4v) is 1.00. The third-order valence-electron chi connectivity index (χ3n) is 1.87. The average molecular weight is 222 g/mol. The molecule has 0 aliphatic carbocycles. The summed E-state index contributed by atoms with van der Waals surface area (Å²) in [7, 11) is 3.12. The van der Waals surface area contributed by atoms with Gasteiger partial charge in [-0.3, -0.25) is 4.79 Å². The van der Waals surface area contributed by atoms with E-state index in [0.29, 0.717) is 12.3 Å². The van der Waals surface area contributed by atoms with Crippen LogP contribution in [0, 0.1) is 0 Å². The normalized spacial score (nSPS) is 10.6. The summed E-state index contributed by atoms with van der Waals surface area (Å²) in [5.74, 6) is 0.447. The SMILES string of the molecule is COCCC(=O)N=Nc1ccc(OC)cc1. The van der Waals surface area contributed by atoms with E-state index in [-0.39, 0.29) is 12.3 Å². The van der Waals surface area contributed by atoms with Crippen LogP contribution in [0.4, 0.5) is 5.69 Å². The number of carbonyl (C=O) groups is 1. The zero-order chi connectivity index (χ0) is 11.8. The quantitative estimate of drug-likeness (QED) is 0.718. The topological polar surface area (TPSA) is 60.2 Å². The summed E-state index contributed by atoms with van der Waals surface area (Å²) < 4.78 is 9.75. The molecular formula is C11H14N2O3. The first-order chi connectivity index (χ1) is 7.76. The lowest BCUT2D eigenvalue weighted by Gasteiger charge is -1.98. The first kappa shape index (κ1) is 12.3. The monoisotopic (exact) mass is 222 g/mol. The van der Waals surface area contributed by atoms with Gasteiger partial charge in [-0.05, 0) is 24.3 Å². The van der Waals surface area contributed by atoms with E-state index in [4.69, 9.17) is 9.47 Å². The largest absolute Gasteiger partial charge is 0.497 e. The number of carbonyl (C=O) groups excluding carboxylic acids is 1. The van der Waals surface area contributed by atoms with Crippen molar-refractivity contribution in [1.29, 1.82) is 0 Å². The predicted molar refractivity (Wildman–Crippen MR) is 59.0 cm³/mol. The van der Waals surface area contributed by atoms with Crippen LogP contribution in [0.5, 0.6) is 5.75 Å². The Morgan fingerprint density at radius 3 is 2.50 bits per heavy atom. The summed E-state index contributed by atoms with van der Waals surface area (Å²) in [5, 5.41) is 7.35. The Bertz CT molecular complexity index is 360. The molecule has 0 heterocycles. The first-order valence-electron chi connectivity index (χ1n) is 4.84. The molecule has 0 saturated carbocycles. The summed E-state index contributed by atoms with van der Waals surface area (Å²) in [5.41, 5.74) is 0.617. The summed E-state index contributed by atoms with van der Waals surface area (Å²) in [6.07, 6.45) is 0.246. The van der Waals surface area contributed by atoms with Crippen molar-refractivity contribution in [2.24, 2.45) is 10.2 Å². The molecule has 0 aliphatic heterocycles. The number of amides is 1. The number of rotatable bonds is 5. The molecule has 0 aliphatic rings. The van der Waals surface area contributed by atoms with E-state index >= 15 is 0 Å². The van der Waals surface area contributed by atoms with Crippen LogP contribution in [-0.2, 0) is 9.53 Å². The Balaban J connectivity index is 2.52. The van der Waals surface area contributed by atoms with Crippen LogP contribution in [0.2, 0.25) is 0 Å². The summed E-state index contributed by atoms with van der Waals surface area (Å²) in [6, 6.07) is 6.97. The molecule has 86 valence electrons. The van der Waals surface area contributed by atoms with Gasteiger partial charge in [-0.15, -0.1) is 10.2 Å². The number of hydrogen-bond acceptors (Lipinski definition) is 4. The van der Waals surface area contributed by atoms with Gasteiger partial charge in [-0.1, -0.05) is 0 Å². The smallest absolute Gasteiger partial charge is 0.267 e. The van der Waals surface area contributed by atoms with Gasteiger partial charge in [0, 0.05) is 7.11 Å². The summed E-state index contributed by atoms with van der Waals surface area (Å²) in [6.45, 7) is 0.362. The Labute approximate surface area is 94.1 Å². The molecule has 0 fully saturated rings. The van der Waals surface area contributed by atoms with Crippen LogP contribution in [0.3, 0.4) is 0 Å². The van der Waals surface area contributed by atoms with Crippen LogP contribution >= 0.6 is 0 Å². The number of benzene rings is 1. The van der Waals surface area contributed by atoms with E-state index in [2.05, 4.69) is 10.2 Å². The first-order valence-corrected chi connectivity index (χ1v) is 4.84. The molecule has 0 saturated heterocycles.